The third kappa shape index (κ3) is 1.83. The summed E-state index contributed by atoms with van der Waals surface area (Å²) < 4.78 is 4.93. The Kier molecular flexibility index (Phi) is 2.60. The second kappa shape index (κ2) is 4.07. The largest absolute Gasteiger partial charge is 0.451 e. The molecule has 0 unspecified atom stereocenters. The Bertz CT molecular complexity index is 395. The van der Waals surface area contributed by atoms with E-state index in [-0.39, 0.29) is 0 Å². The molecule has 3 nitrogen and oxygen atoms in total. The van der Waals surface area contributed by atoms with Crippen LogP contribution >= 0.6 is 0 Å². The van der Waals surface area contributed by atoms with Gasteiger partial charge in [-0.05, 0) is 24.6 Å². The summed E-state index contributed by atoms with van der Waals surface area (Å²) in [4.78, 5) is 4.09. The maximum atomic E-state index is 5.50. The highest BCUT2D eigenvalue weighted by atomic mass is 16.3. The van der Waals surface area contributed by atoms with E-state index in [9.17, 15) is 0 Å². The molecule has 0 spiro atoms. The Morgan fingerprint density at radius 1 is 1.36 bits per heavy atom. The molecular weight excluding hydrogens is 176 g/mol. The third-order valence-electron chi connectivity index (χ3n) is 2.09. The first-order valence-corrected chi connectivity index (χ1v) is 4.58. The summed E-state index contributed by atoms with van der Waals surface area (Å²) in [7, 11) is 0. The van der Waals surface area contributed by atoms with Crippen LogP contribution in [0.3, 0.4) is 0 Å². The maximum Gasteiger partial charge on any atom is 0.181 e. The molecule has 1 heterocycles. The van der Waals surface area contributed by atoms with Crippen LogP contribution in [0.25, 0.3) is 11.3 Å². The lowest BCUT2D eigenvalue weighted by atomic mass is 10.1. The van der Waals surface area contributed by atoms with E-state index in [4.69, 9.17) is 10.2 Å². The Morgan fingerprint density at radius 3 is 3.00 bits per heavy atom. The van der Waals surface area contributed by atoms with Crippen LogP contribution in [-0.4, -0.2) is 11.5 Å². The van der Waals surface area contributed by atoms with Gasteiger partial charge in [0.1, 0.15) is 12.0 Å². The number of oxazole rings is 1. The van der Waals surface area contributed by atoms with Crippen molar-refractivity contribution in [2.45, 2.75) is 6.42 Å². The summed E-state index contributed by atoms with van der Waals surface area (Å²) in [6.07, 6.45) is 3.97. The van der Waals surface area contributed by atoms with Crippen molar-refractivity contribution < 1.29 is 4.42 Å². The monoisotopic (exact) mass is 188 g/mol. The van der Waals surface area contributed by atoms with Gasteiger partial charge in [0.15, 0.2) is 6.39 Å². The second-order valence-corrected chi connectivity index (χ2v) is 3.11. The van der Waals surface area contributed by atoms with Crippen LogP contribution in [-0.2, 0) is 6.42 Å². The Labute approximate surface area is 82.6 Å². The van der Waals surface area contributed by atoms with Gasteiger partial charge in [-0.15, -0.1) is 0 Å². The molecule has 1 aromatic heterocycles. The SMILES string of the molecule is NCCc1cccc(-c2cocn2)c1. The molecule has 0 saturated heterocycles. The molecule has 0 atom stereocenters. The number of aromatic nitrogens is 1. The molecule has 2 rings (SSSR count). The Morgan fingerprint density at radius 2 is 2.29 bits per heavy atom. The van der Waals surface area contributed by atoms with Crippen LogP contribution in [0.15, 0.2) is 41.3 Å². The predicted octanol–water partition coefficient (Wildman–Crippen LogP) is 1.84. The van der Waals surface area contributed by atoms with Gasteiger partial charge in [-0.25, -0.2) is 4.98 Å². The average Bonchev–Trinajstić information content (AvgIpc) is 2.71. The smallest absolute Gasteiger partial charge is 0.181 e. The van der Waals surface area contributed by atoms with Crippen LogP contribution in [0.5, 0.6) is 0 Å². The molecule has 0 aliphatic heterocycles. The van der Waals surface area contributed by atoms with Gasteiger partial charge in [0.25, 0.3) is 0 Å². The van der Waals surface area contributed by atoms with Gasteiger partial charge in [-0.1, -0.05) is 18.2 Å². The number of nitrogens with zero attached hydrogens (tertiary/aromatic N) is 1. The van der Waals surface area contributed by atoms with Gasteiger partial charge in [0.05, 0.1) is 0 Å². The second-order valence-electron chi connectivity index (χ2n) is 3.11. The molecule has 0 radical (unpaired) electrons. The first-order valence-electron chi connectivity index (χ1n) is 4.58. The molecule has 0 fully saturated rings. The molecule has 0 aliphatic carbocycles. The molecular formula is C11H12N2O. The molecule has 0 amide bonds. The van der Waals surface area contributed by atoms with Crippen LogP contribution in [0, 0.1) is 0 Å². The lowest BCUT2D eigenvalue weighted by Gasteiger charge is -2.00. The van der Waals surface area contributed by atoms with E-state index in [0.29, 0.717) is 6.54 Å². The highest BCUT2D eigenvalue weighted by molar-refractivity contribution is 5.58. The van der Waals surface area contributed by atoms with E-state index in [1.165, 1.54) is 12.0 Å². The van der Waals surface area contributed by atoms with Crippen molar-refractivity contribution in [3.63, 3.8) is 0 Å². The van der Waals surface area contributed by atoms with Crippen molar-refractivity contribution in [2.24, 2.45) is 5.73 Å². The van der Waals surface area contributed by atoms with Gasteiger partial charge >= 0.3 is 0 Å². The fraction of sp³-hybridized carbons (Fsp3) is 0.182. The summed E-state index contributed by atoms with van der Waals surface area (Å²) >= 11 is 0. The van der Waals surface area contributed by atoms with Crippen molar-refractivity contribution in [3.8, 4) is 11.3 Å². The highest BCUT2D eigenvalue weighted by Gasteiger charge is 2.00. The Balaban J connectivity index is 2.31. The van der Waals surface area contributed by atoms with Crippen LogP contribution in [0.4, 0.5) is 0 Å². The average molecular weight is 188 g/mol. The predicted molar refractivity (Wildman–Crippen MR) is 54.7 cm³/mol. The zero-order chi connectivity index (χ0) is 9.80. The van der Waals surface area contributed by atoms with E-state index in [1.807, 2.05) is 12.1 Å². The van der Waals surface area contributed by atoms with E-state index in [1.54, 1.807) is 6.26 Å². The number of nitrogens with two attached hydrogens (primary N) is 1. The lowest BCUT2D eigenvalue weighted by Crippen LogP contribution is -2.02. The molecule has 2 N–H and O–H groups in total. The van der Waals surface area contributed by atoms with Crippen molar-refractivity contribution in [2.75, 3.05) is 6.54 Å². The lowest BCUT2D eigenvalue weighted by molar-refractivity contribution is 0.558. The van der Waals surface area contributed by atoms with Gasteiger partial charge in [-0.3, -0.25) is 0 Å². The summed E-state index contributed by atoms with van der Waals surface area (Å²) in [5.74, 6) is 0. The number of rotatable bonds is 3. The van der Waals surface area contributed by atoms with Crippen LogP contribution < -0.4 is 5.73 Å². The van der Waals surface area contributed by atoms with E-state index >= 15 is 0 Å². The first-order chi connectivity index (χ1) is 6.90. The summed E-state index contributed by atoms with van der Waals surface area (Å²) in [5, 5.41) is 0. The maximum absolute atomic E-state index is 5.50. The standard InChI is InChI=1S/C11H12N2O/c12-5-4-9-2-1-3-10(6-9)11-7-14-8-13-11/h1-3,6-8H,4-5,12H2. The van der Waals surface area contributed by atoms with Gasteiger partial charge < -0.3 is 10.2 Å². The number of benzene rings is 1. The summed E-state index contributed by atoms with van der Waals surface area (Å²) in [6, 6.07) is 8.17. The van der Waals surface area contributed by atoms with Crippen LogP contribution in [0.1, 0.15) is 5.56 Å². The molecule has 2 aromatic rings. The Hall–Kier alpha value is -1.61. The van der Waals surface area contributed by atoms with E-state index in [0.717, 1.165) is 17.7 Å². The quantitative estimate of drug-likeness (QED) is 0.799. The van der Waals surface area contributed by atoms with Crippen molar-refractivity contribution in [1.82, 2.24) is 4.98 Å². The van der Waals surface area contributed by atoms with Crippen molar-refractivity contribution in [1.29, 1.82) is 0 Å². The number of hydrogen-bond acceptors (Lipinski definition) is 3. The molecule has 0 aliphatic rings. The van der Waals surface area contributed by atoms with Gasteiger partial charge in [0, 0.05) is 5.56 Å². The topological polar surface area (TPSA) is 52.0 Å². The zero-order valence-electron chi connectivity index (χ0n) is 7.81. The molecule has 0 bridgehead atoms. The zero-order valence-corrected chi connectivity index (χ0v) is 7.81. The minimum atomic E-state index is 0.669. The number of hydrogen-bond donors (Lipinski definition) is 1. The van der Waals surface area contributed by atoms with E-state index < -0.39 is 0 Å². The van der Waals surface area contributed by atoms with Crippen LogP contribution in [0.2, 0.25) is 0 Å². The third-order valence-corrected chi connectivity index (χ3v) is 2.09. The molecule has 1 aromatic carbocycles. The highest BCUT2D eigenvalue weighted by Crippen LogP contribution is 2.18. The fourth-order valence-electron chi connectivity index (χ4n) is 1.41. The minimum absolute atomic E-state index is 0.669. The summed E-state index contributed by atoms with van der Waals surface area (Å²) in [6.45, 7) is 0.669. The molecule has 72 valence electrons. The first kappa shape index (κ1) is 8.97. The molecule has 3 heteroatoms. The van der Waals surface area contributed by atoms with Gasteiger partial charge in [0.2, 0.25) is 0 Å². The minimum Gasteiger partial charge on any atom is -0.451 e. The van der Waals surface area contributed by atoms with E-state index in [2.05, 4.69) is 17.1 Å². The van der Waals surface area contributed by atoms with Crippen molar-refractivity contribution in [3.05, 3.63) is 42.5 Å². The van der Waals surface area contributed by atoms with Gasteiger partial charge in [-0.2, -0.15) is 0 Å². The molecule has 14 heavy (non-hydrogen) atoms. The molecule has 0 saturated carbocycles. The summed E-state index contributed by atoms with van der Waals surface area (Å²) in [5.41, 5.74) is 8.66. The fourth-order valence-corrected chi connectivity index (χ4v) is 1.41. The normalized spacial score (nSPS) is 10.4. The van der Waals surface area contributed by atoms with Crippen molar-refractivity contribution >= 4 is 0 Å².